The van der Waals surface area contributed by atoms with Gasteiger partial charge in [0.1, 0.15) is 0 Å². The molecular weight excluding hydrogens is 184 g/mol. The van der Waals surface area contributed by atoms with Gasteiger partial charge in [-0.1, -0.05) is 23.8 Å². The van der Waals surface area contributed by atoms with Crippen LogP contribution in [-0.4, -0.2) is 13.1 Å². The van der Waals surface area contributed by atoms with E-state index in [0.29, 0.717) is 5.92 Å². The third-order valence-corrected chi connectivity index (χ3v) is 3.65. The van der Waals surface area contributed by atoms with Gasteiger partial charge in [0.2, 0.25) is 0 Å². The van der Waals surface area contributed by atoms with Gasteiger partial charge in [-0.2, -0.15) is 0 Å². The number of fused-ring (bicyclic) bond motifs is 4. The average molecular weight is 198 g/mol. The lowest BCUT2D eigenvalue weighted by Gasteiger charge is -2.36. The summed E-state index contributed by atoms with van der Waals surface area (Å²) in [5.74, 6) is 1.46. The molecule has 0 radical (unpaired) electrons. The number of rotatable bonds is 0. The highest BCUT2D eigenvalue weighted by atomic mass is 14.9. The van der Waals surface area contributed by atoms with Crippen LogP contribution in [0.15, 0.2) is 18.2 Å². The molecule has 1 aromatic rings. The van der Waals surface area contributed by atoms with Crippen molar-refractivity contribution in [3.05, 3.63) is 40.7 Å². The largest absolute Gasteiger partial charge is 0.316 e. The number of hydrogen-bond acceptors (Lipinski definition) is 1. The lowest BCUT2D eigenvalue weighted by molar-refractivity contribution is 0.318. The molecule has 1 fully saturated rings. The molecule has 0 spiro atoms. The van der Waals surface area contributed by atoms with Crippen molar-refractivity contribution in [2.24, 2.45) is 5.92 Å². The maximum Gasteiger partial charge on any atom is 0.187 e. The molecule has 0 saturated carbocycles. The van der Waals surface area contributed by atoms with Crippen molar-refractivity contribution in [3.8, 4) is 0 Å². The summed E-state index contributed by atoms with van der Waals surface area (Å²) in [5.41, 5.74) is 3.69. The molecule has 2 heteroatoms. The summed E-state index contributed by atoms with van der Waals surface area (Å²) in [6.07, 6.45) is 2.50. The van der Waals surface area contributed by atoms with E-state index in [1.165, 1.54) is 30.5 Å². The Morgan fingerprint density at radius 2 is 2.27 bits per heavy atom. The van der Waals surface area contributed by atoms with E-state index in [4.69, 9.17) is 6.57 Å². The maximum atomic E-state index is 7.05. The first kappa shape index (κ1) is 8.94. The van der Waals surface area contributed by atoms with Crippen molar-refractivity contribution >= 4 is 5.69 Å². The molecule has 1 aromatic carbocycles. The van der Waals surface area contributed by atoms with Crippen LogP contribution in [-0.2, 0) is 6.42 Å². The van der Waals surface area contributed by atoms with E-state index in [0.717, 1.165) is 18.2 Å². The fraction of sp³-hybridized carbons (Fsp3) is 0.462. The van der Waals surface area contributed by atoms with E-state index in [-0.39, 0.29) is 0 Å². The van der Waals surface area contributed by atoms with E-state index >= 15 is 0 Å². The van der Waals surface area contributed by atoms with Crippen molar-refractivity contribution in [1.29, 1.82) is 0 Å². The van der Waals surface area contributed by atoms with Gasteiger partial charge < -0.3 is 5.32 Å². The fourth-order valence-corrected chi connectivity index (χ4v) is 2.95. The van der Waals surface area contributed by atoms with Crippen molar-refractivity contribution < 1.29 is 0 Å². The highest BCUT2D eigenvalue weighted by Crippen LogP contribution is 2.38. The molecule has 2 bridgehead atoms. The third-order valence-electron chi connectivity index (χ3n) is 3.65. The van der Waals surface area contributed by atoms with E-state index in [9.17, 15) is 0 Å². The van der Waals surface area contributed by atoms with E-state index in [1.54, 1.807) is 0 Å². The molecule has 0 aromatic heterocycles. The second-order valence-corrected chi connectivity index (χ2v) is 4.66. The van der Waals surface area contributed by atoms with Crippen LogP contribution < -0.4 is 5.32 Å². The molecule has 2 aliphatic rings. The summed E-state index contributed by atoms with van der Waals surface area (Å²) in [5, 5.41) is 3.49. The summed E-state index contributed by atoms with van der Waals surface area (Å²) < 4.78 is 0. The van der Waals surface area contributed by atoms with Gasteiger partial charge in [0, 0.05) is 6.54 Å². The zero-order valence-electron chi connectivity index (χ0n) is 8.66. The molecule has 2 unspecified atom stereocenters. The normalized spacial score (nSPS) is 27.9. The zero-order chi connectivity index (χ0) is 10.3. The molecule has 15 heavy (non-hydrogen) atoms. The monoisotopic (exact) mass is 198 g/mol. The summed E-state index contributed by atoms with van der Waals surface area (Å²) in [4.78, 5) is 3.51. The van der Waals surface area contributed by atoms with E-state index in [1.807, 2.05) is 6.07 Å². The smallest absolute Gasteiger partial charge is 0.187 e. The van der Waals surface area contributed by atoms with Crippen molar-refractivity contribution in [2.45, 2.75) is 18.8 Å². The highest BCUT2D eigenvalue weighted by molar-refractivity contribution is 5.51. The summed E-state index contributed by atoms with van der Waals surface area (Å²) >= 11 is 0. The minimum Gasteiger partial charge on any atom is -0.316 e. The van der Waals surface area contributed by atoms with Crippen molar-refractivity contribution in [1.82, 2.24) is 5.32 Å². The summed E-state index contributed by atoms with van der Waals surface area (Å²) in [6.45, 7) is 9.30. The number of hydrogen-bond donors (Lipinski definition) is 1. The quantitative estimate of drug-likeness (QED) is 0.633. The first-order valence-electron chi connectivity index (χ1n) is 5.58. The number of nitrogens with one attached hydrogen (secondary N) is 1. The Hall–Kier alpha value is -1.33. The van der Waals surface area contributed by atoms with Crippen LogP contribution in [0.5, 0.6) is 0 Å². The number of benzene rings is 1. The molecule has 1 saturated heterocycles. The molecular formula is C13H14N2. The van der Waals surface area contributed by atoms with Crippen LogP contribution in [0, 0.1) is 12.5 Å². The Bertz CT molecular complexity index is 431. The van der Waals surface area contributed by atoms with Crippen LogP contribution in [0.25, 0.3) is 4.85 Å². The Morgan fingerprint density at radius 1 is 1.33 bits per heavy atom. The predicted molar refractivity (Wildman–Crippen MR) is 60.1 cm³/mol. The van der Waals surface area contributed by atoms with E-state index < -0.39 is 0 Å². The molecule has 3 rings (SSSR count). The lowest BCUT2D eigenvalue weighted by Crippen LogP contribution is -2.39. The fourth-order valence-electron chi connectivity index (χ4n) is 2.95. The zero-order valence-corrected chi connectivity index (χ0v) is 8.66. The Morgan fingerprint density at radius 3 is 3.13 bits per heavy atom. The van der Waals surface area contributed by atoms with Crippen molar-refractivity contribution in [2.75, 3.05) is 13.1 Å². The minimum absolute atomic E-state index is 0.647. The van der Waals surface area contributed by atoms with Crippen molar-refractivity contribution in [3.63, 3.8) is 0 Å². The Balaban J connectivity index is 2.06. The predicted octanol–water partition coefficient (Wildman–Crippen LogP) is 2.49. The lowest BCUT2D eigenvalue weighted by atomic mass is 9.74. The molecule has 76 valence electrons. The summed E-state index contributed by atoms with van der Waals surface area (Å²) in [6, 6.07) is 6.21. The molecule has 2 atom stereocenters. The third kappa shape index (κ3) is 1.44. The second kappa shape index (κ2) is 3.36. The molecule has 1 aliphatic heterocycles. The second-order valence-electron chi connectivity index (χ2n) is 4.66. The topological polar surface area (TPSA) is 16.4 Å². The molecule has 0 amide bonds. The first-order chi connectivity index (χ1) is 7.36. The molecule has 1 N–H and O–H groups in total. The molecule has 2 nitrogen and oxygen atoms in total. The van der Waals surface area contributed by atoms with Crippen LogP contribution in [0.4, 0.5) is 5.69 Å². The van der Waals surface area contributed by atoms with Gasteiger partial charge in [-0.15, -0.1) is 0 Å². The van der Waals surface area contributed by atoms with Gasteiger partial charge >= 0.3 is 0 Å². The number of nitrogens with zero attached hydrogens (tertiary/aromatic N) is 1. The standard InChI is InChI=1S/C13H14N2/c1-14-12-3-2-10-4-9-5-11(8-15-7-9)13(10)6-12/h2-3,6,9,11,15H,4-5,7-8H2. The van der Waals surface area contributed by atoms with Gasteiger partial charge in [-0.25, -0.2) is 4.85 Å². The minimum atomic E-state index is 0.647. The van der Waals surface area contributed by atoms with Crippen LogP contribution in [0.2, 0.25) is 0 Å². The molecule has 1 aliphatic carbocycles. The Kier molecular flexibility index (Phi) is 2.00. The van der Waals surface area contributed by atoms with Gasteiger partial charge in [0.05, 0.1) is 6.57 Å². The average Bonchev–Trinajstić information content (AvgIpc) is 2.29. The summed E-state index contributed by atoms with van der Waals surface area (Å²) in [7, 11) is 0. The van der Waals surface area contributed by atoms with Gasteiger partial charge in [0.25, 0.3) is 0 Å². The van der Waals surface area contributed by atoms with Crippen LogP contribution in [0.1, 0.15) is 23.5 Å². The first-order valence-corrected chi connectivity index (χ1v) is 5.58. The number of piperidine rings is 1. The van der Waals surface area contributed by atoms with Crippen LogP contribution >= 0.6 is 0 Å². The van der Waals surface area contributed by atoms with Gasteiger partial charge in [-0.3, -0.25) is 0 Å². The van der Waals surface area contributed by atoms with Crippen LogP contribution in [0.3, 0.4) is 0 Å². The maximum absolute atomic E-state index is 7.05. The van der Waals surface area contributed by atoms with E-state index in [2.05, 4.69) is 22.3 Å². The van der Waals surface area contributed by atoms with Gasteiger partial charge in [-0.05, 0) is 36.8 Å². The Labute approximate surface area is 90.1 Å². The molecule has 1 heterocycles. The SMILES string of the molecule is [C-]#[N+]c1ccc2c(c1)C1CNCC(C2)C1. The van der Waals surface area contributed by atoms with Gasteiger partial charge in [0.15, 0.2) is 5.69 Å². The highest BCUT2D eigenvalue weighted by Gasteiger charge is 2.29.